The average molecular weight is 363 g/mol. The first-order valence-corrected chi connectivity index (χ1v) is 8.78. The van der Waals surface area contributed by atoms with Gasteiger partial charge in [0.25, 0.3) is 5.56 Å². The van der Waals surface area contributed by atoms with E-state index in [1.54, 1.807) is 13.8 Å². The maximum absolute atomic E-state index is 12.6. The number of fused-ring (bicyclic) bond motifs is 1. The predicted octanol–water partition coefficient (Wildman–Crippen LogP) is 3.32. The predicted molar refractivity (Wildman–Crippen MR) is 103 cm³/mol. The van der Waals surface area contributed by atoms with Crippen molar-refractivity contribution in [2.24, 2.45) is 0 Å². The van der Waals surface area contributed by atoms with Gasteiger partial charge in [-0.25, -0.2) is 9.48 Å². The highest BCUT2D eigenvalue weighted by atomic mass is 16.4. The second-order valence-electron chi connectivity index (χ2n) is 7.11. The highest BCUT2D eigenvalue weighted by Crippen LogP contribution is 2.27. The van der Waals surface area contributed by atoms with Crippen molar-refractivity contribution in [3.63, 3.8) is 0 Å². The molecule has 2 aromatic heterocycles. The SMILES string of the molecule is Cc1cc2oc(=O)cc(Cn3nc(C)c(C)c(C#N)c3=O)c2cc1C(C)C. The zero-order valence-electron chi connectivity index (χ0n) is 16.1. The van der Waals surface area contributed by atoms with Crippen molar-refractivity contribution in [1.29, 1.82) is 5.26 Å². The lowest BCUT2D eigenvalue weighted by Gasteiger charge is -2.14. The van der Waals surface area contributed by atoms with Crippen LogP contribution in [0, 0.1) is 32.1 Å². The van der Waals surface area contributed by atoms with Crippen LogP contribution in [0.2, 0.25) is 0 Å². The molecule has 0 aliphatic rings. The molecule has 3 rings (SSSR count). The van der Waals surface area contributed by atoms with Crippen molar-refractivity contribution in [2.75, 3.05) is 0 Å². The summed E-state index contributed by atoms with van der Waals surface area (Å²) in [6.45, 7) is 9.73. The summed E-state index contributed by atoms with van der Waals surface area (Å²) < 4.78 is 6.60. The van der Waals surface area contributed by atoms with Crippen molar-refractivity contribution in [3.8, 4) is 6.07 Å². The second-order valence-corrected chi connectivity index (χ2v) is 7.11. The Morgan fingerprint density at radius 1 is 1.19 bits per heavy atom. The van der Waals surface area contributed by atoms with Crippen LogP contribution in [0.25, 0.3) is 11.0 Å². The Hall–Kier alpha value is -3.20. The van der Waals surface area contributed by atoms with Gasteiger partial charge in [-0.05, 0) is 61.1 Å². The quantitative estimate of drug-likeness (QED) is 0.666. The lowest BCUT2D eigenvalue weighted by Crippen LogP contribution is -2.28. The Bertz CT molecular complexity index is 1210. The number of aromatic nitrogens is 2. The molecule has 3 aromatic rings. The molecule has 6 heteroatoms. The third kappa shape index (κ3) is 3.28. The molecule has 0 saturated carbocycles. The maximum Gasteiger partial charge on any atom is 0.336 e. The standard InChI is InChI=1S/C21H21N3O3/c1-11(2)16-8-17-15(7-20(25)27-19(17)6-12(16)3)10-24-21(26)18(9-22)13(4)14(5)23-24/h6-8,11H,10H2,1-5H3. The van der Waals surface area contributed by atoms with E-state index in [-0.39, 0.29) is 12.1 Å². The van der Waals surface area contributed by atoms with E-state index in [1.807, 2.05) is 25.1 Å². The fourth-order valence-corrected chi connectivity index (χ4v) is 3.32. The maximum atomic E-state index is 12.6. The van der Waals surface area contributed by atoms with Crippen LogP contribution in [0.3, 0.4) is 0 Å². The Morgan fingerprint density at radius 2 is 1.89 bits per heavy atom. The lowest BCUT2D eigenvalue weighted by molar-refractivity contribution is 0.553. The van der Waals surface area contributed by atoms with Gasteiger partial charge in [0.05, 0.1) is 12.2 Å². The lowest BCUT2D eigenvalue weighted by atomic mass is 9.95. The third-order valence-corrected chi connectivity index (χ3v) is 4.91. The van der Waals surface area contributed by atoms with Crippen LogP contribution in [-0.2, 0) is 6.54 Å². The molecule has 0 saturated heterocycles. The summed E-state index contributed by atoms with van der Waals surface area (Å²) in [6.07, 6.45) is 0. The number of aryl methyl sites for hydroxylation is 2. The van der Waals surface area contributed by atoms with Crippen LogP contribution in [0.4, 0.5) is 0 Å². The van der Waals surface area contributed by atoms with E-state index in [4.69, 9.17) is 4.42 Å². The second kappa shape index (κ2) is 6.84. The van der Waals surface area contributed by atoms with E-state index in [0.29, 0.717) is 28.3 Å². The molecule has 0 fully saturated rings. The summed E-state index contributed by atoms with van der Waals surface area (Å²) in [5.74, 6) is 0.307. The number of nitrogens with zero attached hydrogens (tertiary/aromatic N) is 3. The Balaban J connectivity index is 2.26. The van der Waals surface area contributed by atoms with Gasteiger partial charge in [-0.3, -0.25) is 4.79 Å². The first-order chi connectivity index (χ1) is 12.7. The van der Waals surface area contributed by atoms with Crippen molar-refractivity contribution < 1.29 is 4.42 Å². The summed E-state index contributed by atoms with van der Waals surface area (Å²) in [7, 11) is 0. The van der Waals surface area contributed by atoms with E-state index in [9.17, 15) is 14.9 Å². The van der Waals surface area contributed by atoms with Gasteiger partial charge in [-0.1, -0.05) is 13.8 Å². The van der Waals surface area contributed by atoms with Crippen LogP contribution in [0.15, 0.2) is 32.2 Å². The van der Waals surface area contributed by atoms with E-state index in [0.717, 1.165) is 16.5 Å². The normalized spacial score (nSPS) is 11.1. The van der Waals surface area contributed by atoms with Crippen molar-refractivity contribution in [3.05, 3.63) is 72.5 Å². The van der Waals surface area contributed by atoms with Crippen LogP contribution in [-0.4, -0.2) is 9.78 Å². The largest absolute Gasteiger partial charge is 0.423 e. The molecule has 0 spiro atoms. The van der Waals surface area contributed by atoms with Gasteiger partial charge >= 0.3 is 5.63 Å². The monoisotopic (exact) mass is 363 g/mol. The van der Waals surface area contributed by atoms with Crippen LogP contribution >= 0.6 is 0 Å². The summed E-state index contributed by atoms with van der Waals surface area (Å²) in [4.78, 5) is 24.6. The Morgan fingerprint density at radius 3 is 2.52 bits per heavy atom. The molecule has 6 nitrogen and oxygen atoms in total. The summed E-state index contributed by atoms with van der Waals surface area (Å²) in [5.41, 5.74) is 3.65. The smallest absolute Gasteiger partial charge is 0.336 e. The fourth-order valence-electron chi connectivity index (χ4n) is 3.32. The van der Waals surface area contributed by atoms with Crippen LogP contribution in [0.1, 0.15) is 53.3 Å². The molecule has 0 atom stereocenters. The highest BCUT2D eigenvalue weighted by molar-refractivity contribution is 5.82. The van der Waals surface area contributed by atoms with E-state index in [1.165, 1.54) is 10.7 Å². The third-order valence-electron chi connectivity index (χ3n) is 4.91. The highest BCUT2D eigenvalue weighted by Gasteiger charge is 2.15. The molecule has 138 valence electrons. The Kier molecular flexibility index (Phi) is 4.71. The number of hydrogen-bond donors (Lipinski definition) is 0. The molecule has 2 heterocycles. The minimum atomic E-state index is -0.480. The number of hydrogen-bond acceptors (Lipinski definition) is 5. The van der Waals surface area contributed by atoms with Gasteiger partial charge in [-0.15, -0.1) is 0 Å². The van der Waals surface area contributed by atoms with Gasteiger partial charge in [0.15, 0.2) is 0 Å². The minimum Gasteiger partial charge on any atom is -0.423 e. The van der Waals surface area contributed by atoms with Gasteiger partial charge < -0.3 is 4.42 Å². The van der Waals surface area contributed by atoms with Crippen LogP contribution < -0.4 is 11.2 Å². The Labute approximate surface area is 156 Å². The van der Waals surface area contributed by atoms with Gasteiger partial charge in [-0.2, -0.15) is 10.4 Å². The minimum absolute atomic E-state index is 0.0773. The molecule has 0 aliphatic carbocycles. The topological polar surface area (TPSA) is 88.9 Å². The van der Waals surface area contributed by atoms with Crippen molar-refractivity contribution in [1.82, 2.24) is 9.78 Å². The molecular weight excluding hydrogens is 342 g/mol. The molecule has 0 bridgehead atoms. The fraction of sp³-hybridized carbons (Fsp3) is 0.333. The van der Waals surface area contributed by atoms with Gasteiger partial charge in [0.1, 0.15) is 17.2 Å². The van der Waals surface area contributed by atoms with Crippen LogP contribution in [0.5, 0.6) is 0 Å². The molecule has 0 unspecified atom stereocenters. The molecule has 1 aromatic carbocycles. The zero-order chi connectivity index (χ0) is 19.9. The van der Waals surface area contributed by atoms with Crippen molar-refractivity contribution >= 4 is 11.0 Å². The van der Waals surface area contributed by atoms with E-state index < -0.39 is 11.2 Å². The average Bonchev–Trinajstić information content (AvgIpc) is 2.59. The first-order valence-electron chi connectivity index (χ1n) is 8.78. The number of nitriles is 1. The summed E-state index contributed by atoms with van der Waals surface area (Å²) >= 11 is 0. The van der Waals surface area contributed by atoms with E-state index in [2.05, 4.69) is 18.9 Å². The van der Waals surface area contributed by atoms with Gasteiger partial charge in [0.2, 0.25) is 0 Å². The molecule has 27 heavy (non-hydrogen) atoms. The van der Waals surface area contributed by atoms with Gasteiger partial charge in [0, 0.05) is 11.5 Å². The molecule has 0 aliphatic heterocycles. The number of rotatable bonds is 3. The summed E-state index contributed by atoms with van der Waals surface area (Å²) in [6, 6.07) is 7.20. The summed E-state index contributed by atoms with van der Waals surface area (Å²) in [5, 5.41) is 14.4. The first kappa shape index (κ1) is 18.6. The molecule has 0 radical (unpaired) electrons. The molecular formula is C21H21N3O3. The zero-order valence-corrected chi connectivity index (χ0v) is 16.1. The van der Waals surface area contributed by atoms with E-state index >= 15 is 0 Å². The van der Waals surface area contributed by atoms with Crippen molar-refractivity contribution in [2.45, 2.75) is 47.1 Å². The number of benzene rings is 1. The molecule has 0 N–H and O–H groups in total. The molecule has 0 amide bonds.